The Labute approximate surface area is 106 Å². The molecule has 0 aliphatic heterocycles. The second-order valence-corrected chi connectivity index (χ2v) is 5.19. The van der Waals surface area contributed by atoms with Gasteiger partial charge in [0, 0.05) is 10.9 Å². The second-order valence-electron chi connectivity index (χ2n) is 4.25. The van der Waals surface area contributed by atoms with Gasteiger partial charge in [-0.25, -0.2) is 4.98 Å². The molecular weight excluding hydrogens is 230 g/mol. The van der Waals surface area contributed by atoms with E-state index in [1.165, 1.54) is 22.3 Å². The third-order valence-corrected chi connectivity index (χ3v) is 3.53. The number of thiazole rings is 1. The average molecular weight is 246 g/mol. The van der Waals surface area contributed by atoms with Gasteiger partial charge in [0.25, 0.3) is 0 Å². The smallest absolute Gasteiger partial charge is 0.119 e. The first-order valence-corrected chi connectivity index (χ1v) is 6.39. The quantitative estimate of drug-likeness (QED) is 0.815. The topological polar surface area (TPSA) is 22.1 Å². The monoisotopic (exact) mass is 246 g/mol. The number of benzene rings is 1. The van der Waals surface area contributed by atoms with Gasteiger partial charge in [-0.2, -0.15) is 0 Å². The van der Waals surface area contributed by atoms with Gasteiger partial charge in [-0.3, -0.25) is 0 Å². The predicted molar refractivity (Wildman–Crippen MR) is 71.9 cm³/mol. The van der Waals surface area contributed by atoms with Gasteiger partial charge in [0.05, 0.1) is 19.4 Å². The molecule has 0 N–H and O–H groups in total. The molecule has 0 fully saturated rings. The summed E-state index contributed by atoms with van der Waals surface area (Å²) in [7, 11) is 3.38. The molecule has 1 radical (unpaired) electrons. The average Bonchev–Trinajstić information content (AvgIpc) is 2.65. The summed E-state index contributed by atoms with van der Waals surface area (Å²) in [6, 6.07) is 4.39. The summed E-state index contributed by atoms with van der Waals surface area (Å²) in [6.07, 6.45) is 0. The van der Waals surface area contributed by atoms with Gasteiger partial charge in [0.15, 0.2) is 0 Å². The van der Waals surface area contributed by atoms with E-state index in [0.717, 1.165) is 10.7 Å². The summed E-state index contributed by atoms with van der Waals surface area (Å²) in [5.41, 5.74) is 6.12. The van der Waals surface area contributed by atoms with Crippen molar-refractivity contribution in [1.82, 2.24) is 4.98 Å². The molecule has 2 rings (SSSR count). The van der Waals surface area contributed by atoms with E-state index in [1.807, 2.05) is 0 Å². The predicted octanol–water partition coefficient (Wildman–Crippen LogP) is 4.04. The zero-order valence-corrected chi connectivity index (χ0v) is 11.2. The van der Waals surface area contributed by atoms with Gasteiger partial charge in [0.1, 0.15) is 5.01 Å². The molecule has 2 aromatic rings. The van der Waals surface area contributed by atoms with Crippen LogP contribution in [0.4, 0.5) is 0 Å². The lowest BCUT2D eigenvalue weighted by atomic mass is 9.98. The van der Waals surface area contributed by atoms with Crippen LogP contribution in [0, 0.1) is 27.9 Å². The summed E-state index contributed by atoms with van der Waals surface area (Å²) in [4.78, 5) is 4.58. The van der Waals surface area contributed by atoms with Crippen LogP contribution in [0.1, 0.15) is 21.7 Å². The number of aryl methyl sites for hydroxylation is 3. The zero-order valence-electron chi connectivity index (χ0n) is 10.4. The Kier molecular flexibility index (Phi) is 3.60. The highest BCUT2D eigenvalue weighted by molar-refractivity contribution is 7.09. The third-order valence-electron chi connectivity index (χ3n) is 2.71. The molecule has 3 heteroatoms. The molecule has 0 atom stereocenters. The van der Waals surface area contributed by atoms with Crippen LogP contribution >= 0.6 is 11.3 Å². The zero-order chi connectivity index (χ0) is 12.4. The van der Waals surface area contributed by atoms with Gasteiger partial charge in [-0.05, 0) is 31.9 Å². The fourth-order valence-corrected chi connectivity index (χ4v) is 2.88. The third kappa shape index (κ3) is 2.56. The lowest BCUT2D eigenvalue weighted by Crippen LogP contribution is -1.91. The Morgan fingerprint density at radius 2 is 1.88 bits per heavy atom. The molecule has 0 unspecified atom stereocenters. The van der Waals surface area contributed by atoms with E-state index >= 15 is 0 Å². The summed E-state index contributed by atoms with van der Waals surface area (Å²) >= 11 is 1.61. The van der Waals surface area contributed by atoms with E-state index in [2.05, 4.69) is 50.4 Å². The lowest BCUT2D eigenvalue weighted by Gasteiger charge is -2.08. The van der Waals surface area contributed by atoms with Gasteiger partial charge in [0.2, 0.25) is 0 Å². The van der Waals surface area contributed by atoms with Crippen molar-refractivity contribution in [2.75, 3.05) is 0 Å². The highest BCUT2D eigenvalue weighted by Crippen LogP contribution is 2.29. The molecule has 17 heavy (non-hydrogen) atoms. The summed E-state index contributed by atoms with van der Waals surface area (Å²) in [6.45, 7) is 6.86. The van der Waals surface area contributed by atoms with E-state index in [-0.39, 0.29) is 0 Å². The first-order valence-electron chi connectivity index (χ1n) is 5.51. The molecule has 0 amide bonds. The maximum absolute atomic E-state index is 4.85. The molecule has 0 aliphatic rings. The maximum Gasteiger partial charge on any atom is 0.119 e. The molecule has 0 bridgehead atoms. The van der Waals surface area contributed by atoms with Crippen molar-refractivity contribution in [3.63, 3.8) is 0 Å². The van der Waals surface area contributed by atoms with Crippen LogP contribution in [-0.2, 0) is 11.3 Å². The van der Waals surface area contributed by atoms with Gasteiger partial charge in [-0.1, -0.05) is 17.7 Å². The Balaban J connectivity index is 2.45. The standard InChI is InChI=1S/C14H16NOS/c1-9-5-10(2)14(11(3)6-9)12-8-17-13(15-12)7-16-4/h5-6,8H,4,7H2,1-3H3. The second kappa shape index (κ2) is 4.98. The van der Waals surface area contributed by atoms with Crippen molar-refractivity contribution < 1.29 is 4.74 Å². The number of rotatable bonds is 3. The fraction of sp³-hybridized carbons (Fsp3) is 0.286. The number of hydrogen-bond donors (Lipinski definition) is 0. The number of aromatic nitrogens is 1. The van der Waals surface area contributed by atoms with E-state index in [4.69, 9.17) is 4.74 Å². The molecule has 0 aliphatic carbocycles. The van der Waals surface area contributed by atoms with Crippen molar-refractivity contribution in [3.8, 4) is 11.3 Å². The minimum absolute atomic E-state index is 0.481. The largest absolute Gasteiger partial charge is 0.372 e. The van der Waals surface area contributed by atoms with E-state index in [9.17, 15) is 0 Å². The van der Waals surface area contributed by atoms with E-state index < -0.39 is 0 Å². The number of ether oxygens (including phenoxy) is 1. The van der Waals surface area contributed by atoms with Crippen molar-refractivity contribution >= 4 is 11.3 Å². The first kappa shape index (κ1) is 12.3. The van der Waals surface area contributed by atoms with E-state index in [0.29, 0.717) is 6.61 Å². The number of hydrogen-bond acceptors (Lipinski definition) is 3. The summed E-state index contributed by atoms with van der Waals surface area (Å²) < 4.78 is 4.85. The van der Waals surface area contributed by atoms with Crippen molar-refractivity contribution in [3.05, 3.63) is 46.3 Å². The van der Waals surface area contributed by atoms with Gasteiger partial charge >= 0.3 is 0 Å². The lowest BCUT2D eigenvalue weighted by molar-refractivity contribution is 0.228. The molecule has 0 saturated heterocycles. The summed E-state index contributed by atoms with van der Waals surface area (Å²) in [5, 5.41) is 3.05. The van der Waals surface area contributed by atoms with Crippen molar-refractivity contribution in [1.29, 1.82) is 0 Å². The molecular formula is C14H16NOS. The highest BCUT2D eigenvalue weighted by Gasteiger charge is 2.10. The van der Waals surface area contributed by atoms with Crippen molar-refractivity contribution in [2.24, 2.45) is 0 Å². The van der Waals surface area contributed by atoms with Crippen LogP contribution in [0.3, 0.4) is 0 Å². The number of nitrogens with zero attached hydrogens (tertiary/aromatic N) is 1. The van der Waals surface area contributed by atoms with Crippen molar-refractivity contribution in [2.45, 2.75) is 27.4 Å². The van der Waals surface area contributed by atoms with Crippen LogP contribution in [0.15, 0.2) is 17.5 Å². The SMILES string of the molecule is [CH2]OCc1nc(-c2c(C)cc(C)cc2C)cs1. The molecule has 1 heterocycles. The normalized spacial score (nSPS) is 10.8. The minimum atomic E-state index is 0.481. The molecule has 1 aromatic heterocycles. The molecule has 1 aromatic carbocycles. The highest BCUT2D eigenvalue weighted by atomic mass is 32.1. The Bertz CT molecular complexity index is 508. The first-order chi connectivity index (χ1) is 8.11. The van der Waals surface area contributed by atoms with Gasteiger partial charge in [-0.15, -0.1) is 11.3 Å². The van der Waals surface area contributed by atoms with E-state index in [1.54, 1.807) is 11.3 Å². The van der Waals surface area contributed by atoms with Crippen LogP contribution in [0.25, 0.3) is 11.3 Å². The van der Waals surface area contributed by atoms with Crippen LogP contribution < -0.4 is 0 Å². The van der Waals surface area contributed by atoms with Crippen LogP contribution in [0.2, 0.25) is 0 Å². The van der Waals surface area contributed by atoms with Crippen LogP contribution in [-0.4, -0.2) is 4.98 Å². The Morgan fingerprint density at radius 1 is 1.24 bits per heavy atom. The molecule has 2 nitrogen and oxygen atoms in total. The Morgan fingerprint density at radius 3 is 2.47 bits per heavy atom. The molecule has 0 spiro atoms. The van der Waals surface area contributed by atoms with Crippen LogP contribution in [0.5, 0.6) is 0 Å². The molecule has 89 valence electrons. The fourth-order valence-electron chi connectivity index (χ4n) is 2.16. The molecule has 0 saturated carbocycles. The maximum atomic E-state index is 4.85. The summed E-state index contributed by atoms with van der Waals surface area (Å²) in [5.74, 6) is 0. The minimum Gasteiger partial charge on any atom is -0.372 e. The Hall–Kier alpha value is -1.19. The van der Waals surface area contributed by atoms with Gasteiger partial charge < -0.3 is 4.74 Å².